The number of allylic oxidation sites excluding steroid dienone is 3. The fourth-order valence-electron chi connectivity index (χ4n) is 2.40. The van der Waals surface area contributed by atoms with E-state index in [2.05, 4.69) is 46.2 Å². The van der Waals surface area contributed by atoms with Gasteiger partial charge in [0.25, 0.3) is 0 Å². The molecule has 1 heterocycles. The van der Waals surface area contributed by atoms with Crippen molar-refractivity contribution in [2.75, 3.05) is 72.4 Å². The molecule has 0 aliphatic carbocycles. The molecule has 31 heavy (non-hydrogen) atoms. The molecule has 0 saturated carbocycles. The SMILES string of the molecule is C=C/C1=C(\C=C/C)OCCN(CC)CCOCCOCCN([CH2-])CCO1.CC(C)C.[Rb+]. The van der Waals surface area contributed by atoms with Crippen LogP contribution >= 0.6 is 0 Å². The molecule has 0 amide bonds. The molecule has 0 saturated heterocycles. The Bertz CT molecular complexity index is 481. The van der Waals surface area contributed by atoms with Gasteiger partial charge in [-0.3, -0.25) is 11.9 Å². The Morgan fingerprint density at radius 2 is 1.39 bits per heavy atom. The summed E-state index contributed by atoms with van der Waals surface area (Å²) in [5.74, 6) is 2.19. The van der Waals surface area contributed by atoms with Gasteiger partial charge in [0, 0.05) is 19.6 Å². The summed E-state index contributed by atoms with van der Waals surface area (Å²) in [7, 11) is 4.00. The second-order valence-electron chi connectivity index (χ2n) is 7.64. The predicted octanol–water partition coefficient (Wildman–Crippen LogP) is 1.12. The van der Waals surface area contributed by atoms with Crippen molar-refractivity contribution in [2.45, 2.75) is 34.6 Å². The van der Waals surface area contributed by atoms with Crippen molar-refractivity contribution in [1.29, 1.82) is 0 Å². The van der Waals surface area contributed by atoms with E-state index in [1.807, 2.05) is 24.0 Å². The van der Waals surface area contributed by atoms with E-state index in [0.29, 0.717) is 57.7 Å². The van der Waals surface area contributed by atoms with E-state index in [9.17, 15) is 0 Å². The predicted molar refractivity (Wildman–Crippen MR) is 125 cm³/mol. The van der Waals surface area contributed by atoms with E-state index in [-0.39, 0.29) is 58.2 Å². The zero-order chi connectivity index (χ0) is 22.6. The number of hydrogen-bond acceptors (Lipinski definition) is 6. The first-order valence-corrected chi connectivity index (χ1v) is 11.1. The number of nitrogens with zero attached hydrogens (tertiary/aromatic N) is 2. The van der Waals surface area contributed by atoms with E-state index in [0.717, 1.165) is 32.1 Å². The zero-order valence-electron chi connectivity index (χ0n) is 21.0. The van der Waals surface area contributed by atoms with Crippen molar-refractivity contribution in [3.8, 4) is 0 Å². The smallest absolute Gasteiger partial charge is 0.488 e. The monoisotopic (exact) mass is 510 g/mol. The van der Waals surface area contributed by atoms with E-state index in [1.165, 1.54) is 0 Å². The quantitative estimate of drug-likeness (QED) is 0.530. The number of hydrogen-bond donors (Lipinski definition) is 0. The second kappa shape index (κ2) is 23.6. The Morgan fingerprint density at radius 3 is 1.94 bits per heavy atom. The number of likely N-dealkylation sites (N-methyl/N-ethyl adjacent to an activating group) is 1. The van der Waals surface area contributed by atoms with Crippen molar-refractivity contribution in [1.82, 2.24) is 9.80 Å². The minimum Gasteiger partial charge on any atom is -0.488 e. The molecule has 0 spiro atoms. The van der Waals surface area contributed by atoms with Gasteiger partial charge < -0.3 is 23.8 Å². The van der Waals surface area contributed by atoms with Crippen LogP contribution in [0.25, 0.3) is 0 Å². The van der Waals surface area contributed by atoms with Crippen LogP contribution in [-0.2, 0) is 18.9 Å². The van der Waals surface area contributed by atoms with Gasteiger partial charge in [0.2, 0.25) is 0 Å². The largest absolute Gasteiger partial charge is 1.00 e. The Balaban J connectivity index is 0. The third kappa shape index (κ3) is 20.8. The van der Waals surface area contributed by atoms with E-state index in [1.54, 1.807) is 6.08 Å². The molecule has 0 radical (unpaired) electrons. The first-order chi connectivity index (χ1) is 14.4. The van der Waals surface area contributed by atoms with Gasteiger partial charge in [0.05, 0.1) is 33.0 Å². The molecular weight excluding hydrogens is 466 g/mol. The topological polar surface area (TPSA) is 43.4 Å². The standard InChI is InChI=1S/C20H35N2O4.C4H10.Rb/c1-5-8-20-19(6-2)25-15-10-21(4)9-13-23-17-18-24-14-11-22(7-3)12-16-26-20;1-4(2)3;/h5-6,8H,2,4,7,9-18H2,1,3H3;4H,1-3H3;/q-1;;+1/b8-5-,20-19-;;. The van der Waals surface area contributed by atoms with Crippen LogP contribution < -0.4 is 58.2 Å². The molecule has 0 aromatic carbocycles. The Morgan fingerprint density at radius 1 is 0.903 bits per heavy atom. The van der Waals surface area contributed by atoms with Gasteiger partial charge in [-0.15, -0.1) is 0 Å². The maximum absolute atomic E-state index is 5.96. The fraction of sp³-hybridized carbons (Fsp3) is 0.708. The van der Waals surface area contributed by atoms with Crippen LogP contribution in [0.15, 0.2) is 36.3 Å². The van der Waals surface area contributed by atoms with Gasteiger partial charge in [-0.25, -0.2) is 0 Å². The van der Waals surface area contributed by atoms with Crippen molar-refractivity contribution in [3.63, 3.8) is 0 Å². The summed E-state index contributed by atoms with van der Waals surface area (Å²) in [4.78, 5) is 4.23. The van der Waals surface area contributed by atoms with Gasteiger partial charge in [-0.1, -0.05) is 40.3 Å². The van der Waals surface area contributed by atoms with E-state index >= 15 is 0 Å². The van der Waals surface area contributed by atoms with Crippen LogP contribution in [0, 0.1) is 13.0 Å². The molecule has 0 N–H and O–H groups in total. The first-order valence-electron chi connectivity index (χ1n) is 11.1. The summed E-state index contributed by atoms with van der Waals surface area (Å²) >= 11 is 0. The first kappa shape index (κ1) is 33.6. The van der Waals surface area contributed by atoms with Crippen molar-refractivity contribution >= 4 is 0 Å². The summed E-state index contributed by atoms with van der Waals surface area (Å²) < 4.78 is 23.0. The minimum absolute atomic E-state index is 0. The molecule has 0 fully saturated rings. The average Bonchev–Trinajstić information content (AvgIpc) is 2.70. The summed E-state index contributed by atoms with van der Waals surface area (Å²) in [6.45, 7) is 22.2. The Hall–Kier alpha value is 0.465. The molecule has 1 aliphatic rings. The third-order valence-corrected chi connectivity index (χ3v) is 4.00. The molecule has 0 bridgehead atoms. The maximum Gasteiger partial charge on any atom is 1.00 e. The Labute approximate surface area is 240 Å². The molecule has 0 unspecified atom stereocenters. The number of ether oxygens (including phenoxy) is 4. The second-order valence-corrected chi connectivity index (χ2v) is 7.64. The van der Waals surface area contributed by atoms with Gasteiger partial charge in [0.15, 0.2) is 11.5 Å². The molecule has 7 heteroatoms. The molecule has 0 aromatic rings. The van der Waals surface area contributed by atoms with Crippen molar-refractivity contribution < 1.29 is 77.1 Å². The number of rotatable bonds is 3. The average molecular weight is 511 g/mol. The van der Waals surface area contributed by atoms with Crippen LogP contribution in [-0.4, -0.2) is 82.2 Å². The minimum atomic E-state index is 0. The van der Waals surface area contributed by atoms with Gasteiger partial charge in [-0.2, -0.15) is 0 Å². The summed E-state index contributed by atoms with van der Waals surface area (Å²) in [5.41, 5.74) is 0. The fourth-order valence-corrected chi connectivity index (χ4v) is 2.40. The van der Waals surface area contributed by atoms with Crippen LogP contribution in [0.1, 0.15) is 34.6 Å². The van der Waals surface area contributed by atoms with E-state index < -0.39 is 0 Å². The van der Waals surface area contributed by atoms with Crippen molar-refractivity contribution in [3.05, 3.63) is 43.4 Å². The Kier molecular flexibility index (Phi) is 25.6. The van der Waals surface area contributed by atoms with Crippen LogP contribution in [0.4, 0.5) is 0 Å². The van der Waals surface area contributed by atoms with Gasteiger partial charge >= 0.3 is 58.2 Å². The molecule has 0 atom stereocenters. The van der Waals surface area contributed by atoms with Crippen LogP contribution in [0.3, 0.4) is 0 Å². The normalized spacial score (nSPS) is 21.6. The van der Waals surface area contributed by atoms with Gasteiger partial charge in [-0.05, 0) is 38.1 Å². The summed E-state index contributed by atoms with van der Waals surface area (Å²) in [6, 6.07) is 0. The zero-order valence-corrected chi connectivity index (χ0v) is 25.9. The third-order valence-electron chi connectivity index (χ3n) is 4.00. The molecule has 0 aromatic heterocycles. The molecular formula is C24H45N2O4Rb. The summed E-state index contributed by atoms with van der Waals surface area (Å²) in [5, 5.41) is 0. The van der Waals surface area contributed by atoms with Crippen LogP contribution in [0.5, 0.6) is 0 Å². The molecule has 1 rings (SSSR count). The van der Waals surface area contributed by atoms with Gasteiger partial charge in [0.1, 0.15) is 6.61 Å². The summed E-state index contributed by atoms with van der Waals surface area (Å²) in [6.07, 6.45) is 5.53. The van der Waals surface area contributed by atoms with Crippen LogP contribution in [0.2, 0.25) is 0 Å². The molecule has 1 aliphatic heterocycles. The van der Waals surface area contributed by atoms with E-state index in [4.69, 9.17) is 18.9 Å². The molecule has 176 valence electrons. The maximum atomic E-state index is 5.96. The molecule has 6 nitrogen and oxygen atoms in total. The van der Waals surface area contributed by atoms with Crippen molar-refractivity contribution in [2.24, 2.45) is 5.92 Å².